The highest BCUT2D eigenvalue weighted by Gasteiger charge is 2.16. The van der Waals surface area contributed by atoms with E-state index in [1.165, 1.54) is 0 Å². The maximum absolute atomic E-state index is 8.76. The van der Waals surface area contributed by atoms with Gasteiger partial charge in [-0.1, -0.05) is 6.92 Å². The van der Waals surface area contributed by atoms with Crippen LogP contribution in [0.5, 0.6) is 0 Å². The average Bonchev–Trinajstić information content (AvgIpc) is 2.12. The molecule has 0 aliphatic rings. The summed E-state index contributed by atoms with van der Waals surface area (Å²) in [5.74, 6) is 0.0191. The molecule has 0 aromatic rings. The summed E-state index contributed by atoms with van der Waals surface area (Å²) in [6.07, 6.45) is -0.687. The molecule has 74 valence electrons. The SMILES string of the molecule is CC(CO)C(C)OC(CO)CO. The largest absolute Gasteiger partial charge is 0.396 e. The molecule has 0 aliphatic carbocycles. The molecule has 12 heavy (non-hydrogen) atoms. The first-order valence-corrected chi connectivity index (χ1v) is 4.13. The van der Waals surface area contributed by atoms with Crippen molar-refractivity contribution in [2.24, 2.45) is 5.92 Å². The average molecular weight is 178 g/mol. The summed E-state index contributed by atoms with van der Waals surface area (Å²) in [4.78, 5) is 0. The van der Waals surface area contributed by atoms with E-state index in [-0.39, 0.29) is 31.8 Å². The standard InChI is InChI=1S/C8H18O4/c1-6(3-9)7(2)12-8(4-10)5-11/h6-11H,3-5H2,1-2H3. The minimum Gasteiger partial charge on any atom is -0.396 e. The van der Waals surface area contributed by atoms with Crippen LogP contribution in [0.2, 0.25) is 0 Å². The van der Waals surface area contributed by atoms with E-state index in [9.17, 15) is 0 Å². The summed E-state index contributed by atoms with van der Waals surface area (Å²) in [5, 5.41) is 26.1. The van der Waals surface area contributed by atoms with Crippen LogP contribution in [0.1, 0.15) is 13.8 Å². The van der Waals surface area contributed by atoms with E-state index in [2.05, 4.69) is 0 Å². The van der Waals surface area contributed by atoms with Crippen LogP contribution in [0.15, 0.2) is 0 Å². The van der Waals surface area contributed by atoms with Crippen LogP contribution in [-0.4, -0.2) is 47.3 Å². The third-order valence-corrected chi connectivity index (χ3v) is 1.90. The molecule has 0 saturated heterocycles. The lowest BCUT2D eigenvalue weighted by Gasteiger charge is -2.22. The van der Waals surface area contributed by atoms with Gasteiger partial charge in [0.15, 0.2) is 0 Å². The number of ether oxygens (including phenoxy) is 1. The Morgan fingerprint density at radius 2 is 1.50 bits per heavy atom. The molecular weight excluding hydrogens is 160 g/mol. The van der Waals surface area contributed by atoms with Crippen LogP contribution in [0.3, 0.4) is 0 Å². The lowest BCUT2D eigenvalue weighted by atomic mass is 10.1. The molecule has 4 nitrogen and oxygen atoms in total. The monoisotopic (exact) mass is 178 g/mol. The van der Waals surface area contributed by atoms with Crippen LogP contribution in [0.4, 0.5) is 0 Å². The zero-order chi connectivity index (χ0) is 9.56. The molecule has 0 spiro atoms. The van der Waals surface area contributed by atoms with Gasteiger partial charge in [0.25, 0.3) is 0 Å². The Balaban J connectivity index is 3.72. The highest BCUT2D eigenvalue weighted by atomic mass is 16.5. The summed E-state index contributed by atoms with van der Waals surface area (Å²) in [6.45, 7) is 3.30. The molecule has 0 fully saturated rings. The van der Waals surface area contributed by atoms with Crippen molar-refractivity contribution >= 4 is 0 Å². The van der Waals surface area contributed by atoms with Crippen LogP contribution < -0.4 is 0 Å². The first-order chi connectivity index (χ1) is 5.65. The van der Waals surface area contributed by atoms with E-state index in [4.69, 9.17) is 20.1 Å². The molecule has 0 saturated carbocycles. The smallest absolute Gasteiger partial charge is 0.104 e. The Morgan fingerprint density at radius 3 is 1.83 bits per heavy atom. The predicted octanol–water partition coefficient (Wildman–Crippen LogP) is -0.627. The number of hydrogen-bond donors (Lipinski definition) is 3. The molecule has 4 heteroatoms. The number of hydrogen-bond acceptors (Lipinski definition) is 4. The zero-order valence-corrected chi connectivity index (χ0v) is 7.60. The van der Waals surface area contributed by atoms with Crippen molar-refractivity contribution in [1.29, 1.82) is 0 Å². The first-order valence-electron chi connectivity index (χ1n) is 4.13. The third-order valence-electron chi connectivity index (χ3n) is 1.90. The summed E-state index contributed by atoms with van der Waals surface area (Å²) in [6, 6.07) is 0. The zero-order valence-electron chi connectivity index (χ0n) is 7.60. The molecule has 0 rings (SSSR count). The van der Waals surface area contributed by atoms with Gasteiger partial charge in [0.2, 0.25) is 0 Å². The molecule has 0 heterocycles. The van der Waals surface area contributed by atoms with Gasteiger partial charge in [-0.25, -0.2) is 0 Å². The second kappa shape index (κ2) is 6.37. The highest BCUT2D eigenvalue weighted by molar-refractivity contribution is 4.63. The Labute approximate surface area is 72.8 Å². The second-order valence-corrected chi connectivity index (χ2v) is 2.99. The number of rotatable bonds is 6. The Morgan fingerprint density at radius 1 is 1.00 bits per heavy atom. The van der Waals surface area contributed by atoms with Crippen molar-refractivity contribution in [2.45, 2.75) is 26.1 Å². The fourth-order valence-electron chi connectivity index (χ4n) is 0.730. The van der Waals surface area contributed by atoms with Crippen molar-refractivity contribution < 1.29 is 20.1 Å². The Hall–Kier alpha value is -0.160. The third kappa shape index (κ3) is 4.01. The van der Waals surface area contributed by atoms with Gasteiger partial charge in [0.05, 0.1) is 19.3 Å². The van der Waals surface area contributed by atoms with Gasteiger partial charge in [0, 0.05) is 12.5 Å². The maximum atomic E-state index is 8.76. The topological polar surface area (TPSA) is 69.9 Å². The van der Waals surface area contributed by atoms with Crippen molar-refractivity contribution in [2.75, 3.05) is 19.8 Å². The first kappa shape index (κ1) is 11.8. The van der Waals surface area contributed by atoms with Crippen molar-refractivity contribution in [3.05, 3.63) is 0 Å². The van der Waals surface area contributed by atoms with Crippen LogP contribution in [-0.2, 0) is 4.74 Å². The number of aliphatic hydroxyl groups is 3. The summed E-state index contributed by atoms with van der Waals surface area (Å²) < 4.78 is 5.24. The number of aliphatic hydroxyl groups excluding tert-OH is 3. The van der Waals surface area contributed by atoms with Gasteiger partial charge in [-0.3, -0.25) is 0 Å². The normalized spacial score (nSPS) is 16.5. The molecule has 0 aromatic carbocycles. The van der Waals surface area contributed by atoms with Gasteiger partial charge < -0.3 is 20.1 Å². The van der Waals surface area contributed by atoms with Crippen LogP contribution >= 0.6 is 0 Å². The lowest BCUT2D eigenvalue weighted by molar-refractivity contribution is -0.0802. The Kier molecular flexibility index (Phi) is 6.28. The van der Waals surface area contributed by atoms with Crippen LogP contribution in [0.25, 0.3) is 0 Å². The molecule has 2 unspecified atom stereocenters. The van der Waals surface area contributed by atoms with Gasteiger partial charge in [-0.15, -0.1) is 0 Å². The molecule has 2 atom stereocenters. The molecular formula is C8H18O4. The van der Waals surface area contributed by atoms with E-state index in [0.717, 1.165) is 0 Å². The summed E-state index contributed by atoms with van der Waals surface area (Å²) >= 11 is 0. The van der Waals surface area contributed by atoms with Gasteiger partial charge in [-0.2, -0.15) is 0 Å². The second-order valence-electron chi connectivity index (χ2n) is 2.99. The molecule has 0 amide bonds. The fraction of sp³-hybridized carbons (Fsp3) is 1.00. The summed E-state index contributed by atoms with van der Waals surface area (Å²) in [5.41, 5.74) is 0. The molecule has 0 aromatic heterocycles. The van der Waals surface area contributed by atoms with Gasteiger partial charge in [0.1, 0.15) is 6.10 Å². The van der Waals surface area contributed by atoms with Crippen molar-refractivity contribution in [3.8, 4) is 0 Å². The van der Waals surface area contributed by atoms with Crippen molar-refractivity contribution in [1.82, 2.24) is 0 Å². The fourth-order valence-corrected chi connectivity index (χ4v) is 0.730. The van der Waals surface area contributed by atoms with E-state index in [1.807, 2.05) is 6.92 Å². The molecule has 0 radical (unpaired) electrons. The van der Waals surface area contributed by atoms with E-state index in [1.54, 1.807) is 6.92 Å². The van der Waals surface area contributed by atoms with Crippen molar-refractivity contribution in [3.63, 3.8) is 0 Å². The summed E-state index contributed by atoms with van der Waals surface area (Å²) in [7, 11) is 0. The lowest BCUT2D eigenvalue weighted by Crippen LogP contribution is -2.31. The van der Waals surface area contributed by atoms with Gasteiger partial charge in [-0.05, 0) is 6.92 Å². The predicted molar refractivity (Wildman–Crippen MR) is 44.8 cm³/mol. The molecule has 0 bridgehead atoms. The van der Waals surface area contributed by atoms with E-state index < -0.39 is 6.10 Å². The highest BCUT2D eigenvalue weighted by Crippen LogP contribution is 2.08. The van der Waals surface area contributed by atoms with Gasteiger partial charge >= 0.3 is 0 Å². The molecule has 0 aliphatic heterocycles. The van der Waals surface area contributed by atoms with E-state index in [0.29, 0.717) is 0 Å². The minimum atomic E-state index is -0.533. The van der Waals surface area contributed by atoms with Crippen LogP contribution in [0, 0.1) is 5.92 Å². The minimum absolute atomic E-state index is 0.0191. The molecule has 3 N–H and O–H groups in total. The maximum Gasteiger partial charge on any atom is 0.104 e. The Bertz CT molecular complexity index is 103. The van der Waals surface area contributed by atoms with E-state index >= 15 is 0 Å². The quantitative estimate of drug-likeness (QED) is 0.506.